The molecule has 0 spiro atoms. The summed E-state index contributed by atoms with van der Waals surface area (Å²) in [4.78, 5) is 7.22. The van der Waals surface area contributed by atoms with Gasteiger partial charge in [-0.1, -0.05) is 6.07 Å². The fourth-order valence-corrected chi connectivity index (χ4v) is 3.04. The number of benzene rings is 1. The molecule has 0 radical (unpaired) electrons. The monoisotopic (exact) mass is 361 g/mol. The highest BCUT2D eigenvalue weighted by Gasteiger charge is 2.02. The summed E-state index contributed by atoms with van der Waals surface area (Å²) in [7, 11) is 1.70. The summed E-state index contributed by atoms with van der Waals surface area (Å²) in [5, 5.41) is 6.61. The number of aliphatic imine (C=N–C) groups is 1. The lowest BCUT2D eigenvalue weighted by molar-refractivity contribution is 0.172. The van der Waals surface area contributed by atoms with Crippen molar-refractivity contribution in [3.8, 4) is 5.75 Å². The van der Waals surface area contributed by atoms with E-state index in [0.717, 1.165) is 30.4 Å². The van der Waals surface area contributed by atoms with Crippen LogP contribution in [0.4, 0.5) is 5.69 Å². The third-order valence-corrected chi connectivity index (χ3v) is 4.38. The number of guanidine groups is 1. The lowest BCUT2D eigenvalue weighted by Gasteiger charge is -2.12. The van der Waals surface area contributed by atoms with Gasteiger partial charge in [0.25, 0.3) is 0 Å². The molecule has 0 amide bonds. The van der Waals surface area contributed by atoms with Crippen LogP contribution in [0.5, 0.6) is 5.75 Å². The first kappa shape index (κ1) is 19.3. The molecule has 1 aromatic heterocycles. The molecular weight excluding hydrogens is 334 g/mol. The molecule has 2 aromatic rings. The first-order chi connectivity index (χ1) is 12.2. The third kappa shape index (κ3) is 7.15. The zero-order chi connectivity index (χ0) is 17.9. The van der Waals surface area contributed by atoms with Crippen LogP contribution in [0.3, 0.4) is 0 Å². The molecule has 25 heavy (non-hydrogen) atoms. The van der Waals surface area contributed by atoms with Gasteiger partial charge in [-0.3, -0.25) is 0 Å². The van der Waals surface area contributed by atoms with Gasteiger partial charge in [-0.15, -0.1) is 11.3 Å². The van der Waals surface area contributed by atoms with E-state index < -0.39 is 0 Å². The summed E-state index contributed by atoms with van der Waals surface area (Å²) in [5.41, 5.74) is 0.950. The Morgan fingerprint density at radius 1 is 1.20 bits per heavy atom. The molecule has 0 bridgehead atoms. The summed E-state index contributed by atoms with van der Waals surface area (Å²) in [6, 6.07) is 12.2. The first-order valence-electron chi connectivity index (χ1n) is 8.53. The smallest absolute Gasteiger partial charge is 0.196 e. The van der Waals surface area contributed by atoms with Gasteiger partial charge in [0.15, 0.2) is 5.96 Å². The molecule has 0 saturated heterocycles. The molecular formula is C19H27N3O2S. The minimum absolute atomic E-state index is 0.642. The minimum Gasteiger partial charge on any atom is -0.493 e. The highest BCUT2D eigenvalue weighted by molar-refractivity contribution is 7.11. The fourth-order valence-electron chi connectivity index (χ4n) is 2.23. The van der Waals surface area contributed by atoms with Gasteiger partial charge in [0.05, 0.1) is 13.2 Å². The topological polar surface area (TPSA) is 54.9 Å². The Balaban J connectivity index is 1.95. The van der Waals surface area contributed by atoms with Gasteiger partial charge in [0.1, 0.15) is 5.75 Å². The largest absolute Gasteiger partial charge is 0.493 e. The number of thiophene rings is 1. The van der Waals surface area contributed by atoms with Crippen molar-refractivity contribution in [2.75, 3.05) is 32.2 Å². The lowest BCUT2D eigenvalue weighted by atomic mass is 10.3. The Kier molecular flexibility index (Phi) is 8.28. The number of anilines is 1. The van der Waals surface area contributed by atoms with Crippen LogP contribution in [0.25, 0.3) is 0 Å². The van der Waals surface area contributed by atoms with Gasteiger partial charge in [-0.2, -0.15) is 0 Å². The Bertz CT molecular complexity index is 670. The number of nitrogens with one attached hydrogen (secondary N) is 2. The molecule has 6 heteroatoms. The van der Waals surface area contributed by atoms with E-state index in [4.69, 9.17) is 9.47 Å². The Morgan fingerprint density at radius 3 is 2.80 bits per heavy atom. The summed E-state index contributed by atoms with van der Waals surface area (Å²) >= 11 is 1.78. The predicted molar refractivity (Wildman–Crippen MR) is 106 cm³/mol. The van der Waals surface area contributed by atoms with E-state index in [1.807, 2.05) is 24.3 Å². The van der Waals surface area contributed by atoms with Gasteiger partial charge in [-0.25, -0.2) is 4.99 Å². The Morgan fingerprint density at radius 2 is 2.08 bits per heavy atom. The van der Waals surface area contributed by atoms with Crippen molar-refractivity contribution >= 4 is 23.0 Å². The molecule has 1 aromatic carbocycles. The molecule has 0 aliphatic heterocycles. The van der Waals surface area contributed by atoms with Crippen LogP contribution in [-0.4, -0.2) is 32.8 Å². The molecule has 1 heterocycles. The van der Waals surface area contributed by atoms with E-state index in [-0.39, 0.29) is 0 Å². The van der Waals surface area contributed by atoms with Crippen molar-refractivity contribution in [1.82, 2.24) is 5.32 Å². The van der Waals surface area contributed by atoms with Gasteiger partial charge in [0.2, 0.25) is 0 Å². The number of hydrogen-bond donors (Lipinski definition) is 2. The zero-order valence-corrected chi connectivity index (χ0v) is 16.0. The standard InChI is InChI=1S/C19H27N3O2S/c1-4-20-19(21-14-18-10-9-15(2)25-18)22-16-7-5-8-17(13-16)24-12-6-11-23-3/h5,7-10,13H,4,6,11-12,14H2,1-3H3,(H2,20,21,22). The molecule has 0 atom stereocenters. The molecule has 136 valence electrons. The van der Waals surface area contributed by atoms with Crippen molar-refractivity contribution in [2.45, 2.75) is 26.8 Å². The second kappa shape index (κ2) is 10.7. The van der Waals surface area contributed by atoms with E-state index in [2.05, 4.69) is 41.6 Å². The van der Waals surface area contributed by atoms with Crippen LogP contribution in [-0.2, 0) is 11.3 Å². The summed E-state index contributed by atoms with van der Waals surface area (Å²) in [6.07, 6.45) is 0.873. The van der Waals surface area contributed by atoms with Crippen LogP contribution in [0, 0.1) is 6.92 Å². The zero-order valence-electron chi connectivity index (χ0n) is 15.2. The van der Waals surface area contributed by atoms with E-state index in [1.165, 1.54) is 9.75 Å². The Labute approximate surface area is 154 Å². The summed E-state index contributed by atoms with van der Waals surface area (Å²) in [6.45, 7) is 6.99. The highest BCUT2D eigenvalue weighted by Crippen LogP contribution is 2.18. The van der Waals surface area contributed by atoms with Crippen LogP contribution in [0.1, 0.15) is 23.1 Å². The minimum atomic E-state index is 0.642. The van der Waals surface area contributed by atoms with E-state index in [9.17, 15) is 0 Å². The fraction of sp³-hybridized carbons (Fsp3) is 0.421. The molecule has 0 unspecified atom stereocenters. The Hall–Kier alpha value is -2.05. The predicted octanol–water partition coefficient (Wildman–Crippen LogP) is 4.05. The molecule has 0 fully saturated rings. The van der Waals surface area contributed by atoms with Crippen molar-refractivity contribution in [2.24, 2.45) is 4.99 Å². The number of methoxy groups -OCH3 is 1. The summed E-state index contributed by atoms with van der Waals surface area (Å²) < 4.78 is 10.8. The van der Waals surface area contributed by atoms with Gasteiger partial charge in [-0.05, 0) is 38.1 Å². The molecule has 0 saturated carbocycles. The van der Waals surface area contributed by atoms with Crippen LogP contribution >= 0.6 is 11.3 Å². The van der Waals surface area contributed by atoms with Crippen molar-refractivity contribution in [1.29, 1.82) is 0 Å². The average molecular weight is 362 g/mol. The number of nitrogens with zero attached hydrogens (tertiary/aromatic N) is 1. The van der Waals surface area contributed by atoms with Crippen LogP contribution in [0.2, 0.25) is 0 Å². The van der Waals surface area contributed by atoms with Crippen LogP contribution < -0.4 is 15.4 Å². The van der Waals surface area contributed by atoms with Gasteiger partial charge in [0, 0.05) is 48.2 Å². The van der Waals surface area contributed by atoms with Crippen molar-refractivity contribution in [3.63, 3.8) is 0 Å². The van der Waals surface area contributed by atoms with E-state index >= 15 is 0 Å². The first-order valence-corrected chi connectivity index (χ1v) is 9.35. The SMILES string of the molecule is CCNC(=NCc1ccc(C)s1)Nc1cccc(OCCCOC)c1. The maximum Gasteiger partial charge on any atom is 0.196 e. The third-order valence-electron chi connectivity index (χ3n) is 3.39. The molecule has 5 nitrogen and oxygen atoms in total. The van der Waals surface area contributed by atoms with Crippen molar-refractivity contribution in [3.05, 3.63) is 46.2 Å². The van der Waals surface area contributed by atoms with Crippen LogP contribution in [0.15, 0.2) is 41.4 Å². The molecule has 2 N–H and O–H groups in total. The normalized spacial score (nSPS) is 11.4. The van der Waals surface area contributed by atoms with E-state index in [1.54, 1.807) is 18.4 Å². The number of aryl methyl sites for hydroxylation is 1. The second-order valence-electron chi connectivity index (χ2n) is 5.56. The van der Waals surface area contributed by atoms with Gasteiger partial charge < -0.3 is 20.1 Å². The average Bonchev–Trinajstić information content (AvgIpc) is 3.03. The highest BCUT2D eigenvalue weighted by atomic mass is 32.1. The maximum absolute atomic E-state index is 5.74. The quantitative estimate of drug-likeness (QED) is 0.402. The number of rotatable bonds is 9. The second-order valence-corrected chi connectivity index (χ2v) is 6.93. The molecule has 0 aliphatic rings. The maximum atomic E-state index is 5.74. The molecule has 2 rings (SSSR count). The number of ether oxygens (including phenoxy) is 2. The lowest BCUT2D eigenvalue weighted by Crippen LogP contribution is -2.30. The van der Waals surface area contributed by atoms with E-state index in [0.29, 0.717) is 19.8 Å². The van der Waals surface area contributed by atoms with Gasteiger partial charge >= 0.3 is 0 Å². The number of hydrogen-bond acceptors (Lipinski definition) is 4. The van der Waals surface area contributed by atoms with Crippen molar-refractivity contribution < 1.29 is 9.47 Å². The molecule has 0 aliphatic carbocycles. The summed E-state index contributed by atoms with van der Waals surface area (Å²) in [5.74, 6) is 1.61.